The fourth-order valence-corrected chi connectivity index (χ4v) is 1.46. The number of rotatable bonds is 10. The van der Waals surface area contributed by atoms with Gasteiger partial charge in [0.2, 0.25) is 5.91 Å². The van der Waals surface area contributed by atoms with E-state index >= 15 is 0 Å². The molecular weight excluding hydrogens is 230 g/mol. The maximum atomic E-state index is 11.3. The van der Waals surface area contributed by atoms with Crippen molar-refractivity contribution in [2.45, 2.75) is 52.4 Å². The van der Waals surface area contributed by atoms with Crippen LogP contribution < -0.4 is 16.0 Å². The molecule has 0 aliphatic rings. The van der Waals surface area contributed by atoms with Gasteiger partial charge in [0.05, 0.1) is 0 Å². The Morgan fingerprint density at radius 1 is 0.778 bits per heavy atom. The molecule has 3 N–H and O–H groups in total. The number of nitrogens with one attached hydrogen (secondary N) is 3. The van der Waals surface area contributed by atoms with E-state index in [-0.39, 0.29) is 11.9 Å². The highest BCUT2D eigenvalue weighted by Gasteiger charge is 2.02. The number of amides is 3. The van der Waals surface area contributed by atoms with Crippen LogP contribution in [-0.2, 0) is 4.79 Å². The maximum Gasteiger partial charge on any atom is 0.314 e. The van der Waals surface area contributed by atoms with Crippen molar-refractivity contribution in [2.75, 3.05) is 19.6 Å². The predicted octanol–water partition coefficient (Wildman–Crippen LogP) is 1.78. The number of carbonyl (C=O) groups is 2. The van der Waals surface area contributed by atoms with E-state index in [0.717, 1.165) is 19.3 Å². The van der Waals surface area contributed by atoms with Gasteiger partial charge < -0.3 is 16.0 Å². The summed E-state index contributed by atoms with van der Waals surface area (Å²) in [6.45, 7) is 5.95. The summed E-state index contributed by atoms with van der Waals surface area (Å²) in [6.07, 6.45) is 5.83. The molecule has 0 aromatic heterocycles. The van der Waals surface area contributed by atoms with Crippen LogP contribution in [0.4, 0.5) is 4.79 Å². The normalized spacial score (nSPS) is 9.89. The molecule has 5 nitrogen and oxygen atoms in total. The van der Waals surface area contributed by atoms with Gasteiger partial charge in [-0.1, -0.05) is 33.1 Å². The van der Waals surface area contributed by atoms with E-state index in [2.05, 4.69) is 22.9 Å². The van der Waals surface area contributed by atoms with Gasteiger partial charge in [-0.3, -0.25) is 4.79 Å². The average Bonchev–Trinajstić information content (AvgIpc) is 2.36. The van der Waals surface area contributed by atoms with Crippen LogP contribution in [0.15, 0.2) is 0 Å². The van der Waals surface area contributed by atoms with Crippen LogP contribution in [0, 0.1) is 0 Å². The molecule has 0 aromatic carbocycles. The Morgan fingerprint density at radius 3 is 2.17 bits per heavy atom. The lowest BCUT2D eigenvalue weighted by Crippen LogP contribution is -2.38. The summed E-state index contributed by atoms with van der Waals surface area (Å²) in [5.41, 5.74) is 0. The van der Waals surface area contributed by atoms with Crippen LogP contribution in [0.5, 0.6) is 0 Å². The van der Waals surface area contributed by atoms with Crippen molar-refractivity contribution < 1.29 is 9.59 Å². The van der Waals surface area contributed by atoms with Crippen LogP contribution in [0.2, 0.25) is 0 Å². The fourth-order valence-electron chi connectivity index (χ4n) is 1.46. The Bertz CT molecular complexity index is 232. The molecule has 0 heterocycles. The molecule has 0 atom stereocenters. The molecule has 0 aliphatic carbocycles. The van der Waals surface area contributed by atoms with E-state index in [1.54, 1.807) is 0 Å². The van der Waals surface area contributed by atoms with Crippen molar-refractivity contribution in [3.05, 3.63) is 0 Å². The fraction of sp³-hybridized carbons (Fsp3) is 0.846. The van der Waals surface area contributed by atoms with Gasteiger partial charge in [0.25, 0.3) is 0 Å². The number of hydrogen-bond donors (Lipinski definition) is 3. The first-order valence-corrected chi connectivity index (χ1v) is 6.99. The first-order valence-electron chi connectivity index (χ1n) is 6.99. The maximum absolute atomic E-state index is 11.3. The Balaban J connectivity index is 3.33. The third-order valence-electron chi connectivity index (χ3n) is 2.53. The molecule has 0 bridgehead atoms. The van der Waals surface area contributed by atoms with Crippen LogP contribution in [-0.4, -0.2) is 31.6 Å². The summed E-state index contributed by atoms with van der Waals surface area (Å²) in [5.74, 6) is -0.0138. The summed E-state index contributed by atoms with van der Waals surface area (Å²) < 4.78 is 0. The minimum atomic E-state index is -0.185. The molecular formula is C13H27N3O2. The number of urea groups is 1. The summed E-state index contributed by atoms with van der Waals surface area (Å²) in [4.78, 5) is 22.6. The van der Waals surface area contributed by atoms with Crippen molar-refractivity contribution in [3.8, 4) is 0 Å². The monoisotopic (exact) mass is 257 g/mol. The van der Waals surface area contributed by atoms with E-state index in [1.165, 1.54) is 12.8 Å². The third-order valence-corrected chi connectivity index (χ3v) is 2.53. The zero-order chi connectivity index (χ0) is 13.6. The largest absolute Gasteiger partial charge is 0.356 e. The molecule has 0 saturated heterocycles. The van der Waals surface area contributed by atoms with Crippen molar-refractivity contribution in [1.82, 2.24) is 16.0 Å². The molecule has 0 saturated carbocycles. The zero-order valence-corrected chi connectivity index (χ0v) is 11.7. The van der Waals surface area contributed by atoms with Gasteiger partial charge in [-0.25, -0.2) is 4.79 Å². The molecule has 5 heteroatoms. The Kier molecular flexibility index (Phi) is 11.3. The predicted molar refractivity (Wildman–Crippen MR) is 73.5 cm³/mol. The molecule has 0 radical (unpaired) electrons. The van der Waals surface area contributed by atoms with E-state index in [9.17, 15) is 9.59 Å². The van der Waals surface area contributed by atoms with Crippen molar-refractivity contribution in [3.63, 3.8) is 0 Å². The first-order chi connectivity index (χ1) is 8.70. The standard InChI is InChI=1S/C13H27N3O2/c1-3-5-6-7-10-15-13(18)16-11-8-12(17)14-9-4-2/h3-11H2,1-2H3,(H,14,17)(H2,15,16,18). The van der Waals surface area contributed by atoms with Gasteiger partial charge in [0.15, 0.2) is 0 Å². The van der Waals surface area contributed by atoms with Gasteiger partial charge >= 0.3 is 6.03 Å². The van der Waals surface area contributed by atoms with E-state index in [0.29, 0.717) is 26.1 Å². The van der Waals surface area contributed by atoms with Crippen LogP contribution in [0.3, 0.4) is 0 Å². The summed E-state index contributed by atoms with van der Waals surface area (Å²) in [6, 6.07) is -0.185. The highest BCUT2D eigenvalue weighted by Crippen LogP contribution is 1.96. The van der Waals surface area contributed by atoms with Gasteiger partial charge in [0, 0.05) is 26.1 Å². The van der Waals surface area contributed by atoms with Gasteiger partial charge in [-0.05, 0) is 12.8 Å². The smallest absolute Gasteiger partial charge is 0.314 e. The Labute approximate surface area is 110 Å². The highest BCUT2D eigenvalue weighted by atomic mass is 16.2. The van der Waals surface area contributed by atoms with Gasteiger partial charge in [-0.2, -0.15) is 0 Å². The average molecular weight is 257 g/mol. The molecule has 18 heavy (non-hydrogen) atoms. The van der Waals surface area contributed by atoms with Gasteiger partial charge in [0.1, 0.15) is 0 Å². The molecule has 3 amide bonds. The van der Waals surface area contributed by atoms with Crippen molar-refractivity contribution in [2.24, 2.45) is 0 Å². The quantitative estimate of drug-likeness (QED) is 0.522. The van der Waals surface area contributed by atoms with Gasteiger partial charge in [-0.15, -0.1) is 0 Å². The summed E-state index contributed by atoms with van der Waals surface area (Å²) in [7, 11) is 0. The van der Waals surface area contributed by atoms with Crippen molar-refractivity contribution in [1.29, 1.82) is 0 Å². The number of hydrogen-bond acceptors (Lipinski definition) is 2. The molecule has 0 aliphatic heterocycles. The summed E-state index contributed by atoms with van der Waals surface area (Å²) in [5, 5.41) is 8.21. The Hall–Kier alpha value is -1.26. The van der Waals surface area contributed by atoms with E-state index < -0.39 is 0 Å². The lowest BCUT2D eigenvalue weighted by atomic mass is 10.2. The molecule has 106 valence electrons. The van der Waals surface area contributed by atoms with Crippen LogP contribution >= 0.6 is 0 Å². The zero-order valence-electron chi connectivity index (χ0n) is 11.7. The SMILES string of the molecule is CCCCCCNC(=O)NCCC(=O)NCCC. The topological polar surface area (TPSA) is 70.2 Å². The van der Waals surface area contributed by atoms with E-state index in [1.807, 2.05) is 6.92 Å². The number of unbranched alkanes of at least 4 members (excludes halogenated alkanes) is 3. The Morgan fingerprint density at radius 2 is 1.50 bits per heavy atom. The summed E-state index contributed by atoms with van der Waals surface area (Å²) >= 11 is 0. The molecule has 0 spiro atoms. The lowest BCUT2D eigenvalue weighted by molar-refractivity contribution is -0.120. The highest BCUT2D eigenvalue weighted by molar-refractivity contribution is 5.78. The second-order valence-electron chi connectivity index (χ2n) is 4.34. The van der Waals surface area contributed by atoms with Crippen LogP contribution in [0.1, 0.15) is 52.4 Å². The molecule has 0 aromatic rings. The first kappa shape index (κ1) is 16.7. The van der Waals surface area contributed by atoms with Crippen molar-refractivity contribution >= 4 is 11.9 Å². The number of carbonyl (C=O) groups excluding carboxylic acids is 2. The minimum absolute atomic E-state index is 0.0138. The third kappa shape index (κ3) is 11.2. The van der Waals surface area contributed by atoms with E-state index in [4.69, 9.17) is 0 Å². The van der Waals surface area contributed by atoms with Crippen LogP contribution in [0.25, 0.3) is 0 Å². The molecule has 0 unspecified atom stereocenters. The minimum Gasteiger partial charge on any atom is -0.356 e. The molecule has 0 fully saturated rings. The lowest BCUT2D eigenvalue weighted by Gasteiger charge is -2.07. The second-order valence-corrected chi connectivity index (χ2v) is 4.34. The second kappa shape index (κ2) is 12.2. The molecule has 0 rings (SSSR count).